The molecule has 0 bridgehead atoms. The summed E-state index contributed by atoms with van der Waals surface area (Å²) in [6.07, 6.45) is 3.06. The standard InChI is InChI=1S/C19H19ClN4O4S2/c20-13-3-1-12(2-4-13)9-15-10-21-19(29-15)22-18(26)16-5-6-17(25)24(23-16)14-7-8-30(27,28)11-14/h1-4,10,14H,5-9,11H2,(H,21,22,26). The van der Waals surface area contributed by atoms with Gasteiger partial charge in [0.05, 0.1) is 17.5 Å². The van der Waals surface area contributed by atoms with Crippen LogP contribution >= 0.6 is 22.9 Å². The molecular weight excluding hydrogens is 448 g/mol. The molecule has 2 aliphatic heterocycles. The van der Waals surface area contributed by atoms with Crippen molar-refractivity contribution in [1.29, 1.82) is 0 Å². The molecule has 3 heterocycles. The molecule has 158 valence electrons. The molecule has 0 aliphatic carbocycles. The van der Waals surface area contributed by atoms with Crippen LogP contribution < -0.4 is 5.32 Å². The monoisotopic (exact) mass is 466 g/mol. The number of halogens is 1. The number of aromatic nitrogens is 1. The Morgan fingerprint density at radius 3 is 2.73 bits per heavy atom. The third-order valence-electron chi connectivity index (χ3n) is 4.94. The molecule has 1 fully saturated rings. The third kappa shape index (κ3) is 4.88. The van der Waals surface area contributed by atoms with Crippen molar-refractivity contribution < 1.29 is 18.0 Å². The summed E-state index contributed by atoms with van der Waals surface area (Å²) in [5.74, 6) is -0.764. The van der Waals surface area contributed by atoms with E-state index in [1.54, 1.807) is 6.20 Å². The van der Waals surface area contributed by atoms with E-state index < -0.39 is 21.8 Å². The SMILES string of the molecule is O=C(Nc1ncc(Cc2ccc(Cl)cc2)s1)C1=NN(C2CCS(=O)(=O)C2)C(=O)CC1. The Labute approximate surface area is 182 Å². The second-order valence-corrected chi connectivity index (χ2v) is 11.0. The number of hydrogen-bond donors (Lipinski definition) is 1. The minimum absolute atomic E-state index is 0.0357. The Bertz CT molecular complexity index is 1110. The van der Waals surface area contributed by atoms with E-state index in [0.29, 0.717) is 23.0 Å². The van der Waals surface area contributed by atoms with E-state index in [1.165, 1.54) is 16.3 Å². The van der Waals surface area contributed by atoms with Gasteiger partial charge < -0.3 is 0 Å². The van der Waals surface area contributed by atoms with Gasteiger partial charge in [0.25, 0.3) is 5.91 Å². The van der Waals surface area contributed by atoms with Gasteiger partial charge in [0.15, 0.2) is 15.0 Å². The molecule has 11 heteroatoms. The number of anilines is 1. The Balaban J connectivity index is 1.42. The lowest BCUT2D eigenvalue weighted by Gasteiger charge is -2.27. The van der Waals surface area contributed by atoms with Gasteiger partial charge >= 0.3 is 0 Å². The highest BCUT2D eigenvalue weighted by Gasteiger charge is 2.37. The van der Waals surface area contributed by atoms with Gasteiger partial charge in [-0.05, 0) is 24.1 Å². The lowest BCUT2D eigenvalue weighted by molar-refractivity contribution is -0.133. The van der Waals surface area contributed by atoms with Crippen LogP contribution in [0.2, 0.25) is 5.02 Å². The van der Waals surface area contributed by atoms with E-state index in [1.807, 2.05) is 24.3 Å². The third-order valence-corrected chi connectivity index (χ3v) is 7.86. The van der Waals surface area contributed by atoms with Crippen molar-refractivity contribution in [2.75, 3.05) is 16.8 Å². The Hall–Kier alpha value is -2.30. The summed E-state index contributed by atoms with van der Waals surface area (Å²) >= 11 is 7.26. The number of nitrogens with one attached hydrogen (secondary N) is 1. The van der Waals surface area contributed by atoms with Gasteiger partial charge in [-0.25, -0.2) is 18.4 Å². The minimum atomic E-state index is -3.16. The maximum absolute atomic E-state index is 12.6. The van der Waals surface area contributed by atoms with Crippen molar-refractivity contribution >= 4 is 55.4 Å². The molecule has 1 saturated heterocycles. The number of nitrogens with zero attached hydrogens (tertiary/aromatic N) is 3. The number of amides is 2. The quantitative estimate of drug-likeness (QED) is 0.728. The van der Waals surface area contributed by atoms with Crippen molar-refractivity contribution in [2.24, 2.45) is 5.10 Å². The molecular formula is C19H19ClN4O4S2. The molecule has 2 amide bonds. The Morgan fingerprint density at radius 2 is 2.03 bits per heavy atom. The van der Waals surface area contributed by atoms with Crippen LogP contribution in [0.25, 0.3) is 0 Å². The fourth-order valence-corrected chi connectivity index (χ4v) is 6.07. The van der Waals surface area contributed by atoms with Gasteiger partial charge in [-0.2, -0.15) is 5.10 Å². The zero-order valence-corrected chi connectivity index (χ0v) is 18.3. The first-order valence-corrected chi connectivity index (χ1v) is 12.4. The van der Waals surface area contributed by atoms with Crippen LogP contribution in [0, 0.1) is 0 Å². The first-order chi connectivity index (χ1) is 14.3. The zero-order valence-electron chi connectivity index (χ0n) is 15.9. The van der Waals surface area contributed by atoms with E-state index in [2.05, 4.69) is 15.4 Å². The number of thiazole rings is 1. The number of sulfone groups is 1. The highest BCUT2D eigenvalue weighted by molar-refractivity contribution is 7.91. The molecule has 2 aliphatic rings. The smallest absolute Gasteiger partial charge is 0.273 e. The fourth-order valence-electron chi connectivity index (χ4n) is 3.41. The van der Waals surface area contributed by atoms with Gasteiger partial charge in [0.1, 0.15) is 5.71 Å². The van der Waals surface area contributed by atoms with Crippen LogP contribution in [0.3, 0.4) is 0 Å². The average Bonchev–Trinajstić information content (AvgIpc) is 3.29. The average molecular weight is 467 g/mol. The number of benzene rings is 1. The lowest BCUT2D eigenvalue weighted by atomic mass is 10.1. The highest BCUT2D eigenvalue weighted by Crippen LogP contribution is 2.24. The summed E-state index contributed by atoms with van der Waals surface area (Å²) in [6.45, 7) is 0. The summed E-state index contributed by atoms with van der Waals surface area (Å²) in [7, 11) is -3.16. The number of hydrazone groups is 1. The molecule has 1 unspecified atom stereocenters. The summed E-state index contributed by atoms with van der Waals surface area (Å²) in [5, 5.41) is 9.20. The molecule has 1 atom stereocenters. The van der Waals surface area contributed by atoms with E-state index in [0.717, 1.165) is 10.4 Å². The maximum atomic E-state index is 12.6. The van der Waals surface area contributed by atoms with Crippen LogP contribution in [-0.4, -0.2) is 53.5 Å². The van der Waals surface area contributed by atoms with Crippen molar-refractivity contribution in [3.63, 3.8) is 0 Å². The Kier molecular flexibility index (Phi) is 5.90. The Morgan fingerprint density at radius 1 is 1.27 bits per heavy atom. The van der Waals surface area contributed by atoms with Gasteiger partial charge in [-0.15, -0.1) is 11.3 Å². The minimum Gasteiger partial charge on any atom is -0.297 e. The molecule has 2 aromatic rings. The first kappa shape index (κ1) is 21.0. The van der Waals surface area contributed by atoms with E-state index in [-0.39, 0.29) is 36.0 Å². The van der Waals surface area contributed by atoms with Gasteiger partial charge in [0.2, 0.25) is 5.91 Å². The molecule has 8 nitrogen and oxygen atoms in total. The predicted molar refractivity (Wildman–Crippen MR) is 116 cm³/mol. The fraction of sp³-hybridized carbons (Fsp3) is 0.368. The summed E-state index contributed by atoms with van der Waals surface area (Å²) in [4.78, 5) is 30.0. The van der Waals surface area contributed by atoms with Crippen molar-refractivity contribution in [1.82, 2.24) is 9.99 Å². The highest BCUT2D eigenvalue weighted by atomic mass is 35.5. The van der Waals surface area contributed by atoms with E-state index in [9.17, 15) is 18.0 Å². The van der Waals surface area contributed by atoms with Crippen molar-refractivity contribution in [3.05, 3.63) is 45.9 Å². The van der Waals surface area contributed by atoms with Crippen LogP contribution in [0.4, 0.5) is 5.13 Å². The molecule has 1 aromatic carbocycles. The molecule has 30 heavy (non-hydrogen) atoms. The summed E-state index contributed by atoms with van der Waals surface area (Å²) in [6, 6.07) is 7.02. The number of carbonyl (C=O) groups excluding carboxylic acids is 2. The maximum Gasteiger partial charge on any atom is 0.273 e. The number of hydrogen-bond acceptors (Lipinski definition) is 7. The van der Waals surface area contributed by atoms with Crippen LogP contribution in [0.1, 0.15) is 29.7 Å². The number of rotatable bonds is 5. The van der Waals surface area contributed by atoms with Gasteiger partial charge in [-0.3, -0.25) is 14.9 Å². The molecule has 1 N–H and O–H groups in total. The summed E-state index contributed by atoms with van der Waals surface area (Å²) < 4.78 is 23.4. The molecule has 4 rings (SSSR count). The molecule has 0 saturated carbocycles. The normalized spacial score (nSPS) is 20.8. The zero-order chi connectivity index (χ0) is 21.3. The predicted octanol–water partition coefficient (Wildman–Crippen LogP) is 2.49. The van der Waals surface area contributed by atoms with E-state index >= 15 is 0 Å². The topological polar surface area (TPSA) is 109 Å². The largest absolute Gasteiger partial charge is 0.297 e. The molecule has 0 radical (unpaired) electrons. The number of carbonyl (C=O) groups is 2. The van der Waals surface area contributed by atoms with Crippen LogP contribution in [0.5, 0.6) is 0 Å². The summed E-state index contributed by atoms with van der Waals surface area (Å²) in [5.41, 5.74) is 1.28. The van der Waals surface area contributed by atoms with Crippen LogP contribution in [0.15, 0.2) is 35.6 Å². The van der Waals surface area contributed by atoms with Crippen molar-refractivity contribution in [2.45, 2.75) is 31.7 Å². The molecule has 1 aromatic heterocycles. The van der Waals surface area contributed by atoms with Crippen LogP contribution in [-0.2, 0) is 25.8 Å². The second-order valence-electron chi connectivity index (χ2n) is 7.23. The molecule has 0 spiro atoms. The van der Waals surface area contributed by atoms with Crippen molar-refractivity contribution in [3.8, 4) is 0 Å². The first-order valence-electron chi connectivity index (χ1n) is 9.39. The van der Waals surface area contributed by atoms with Gasteiger partial charge in [-0.1, -0.05) is 23.7 Å². The second kappa shape index (κ2) is 8.44. The van der Waals surface area contributed by atoms with E-state index in [4.69, 9.17) is 11.6 Å². The lowest BCUT2D eigenvalue weighted by Crippen LogP contribution is -2.42. The van der Waals surface area contributed by atoms with Gasteiger partial charge in [0, 0.05) is 35.4 Å².